The lowest BCUT2D eigenvalue weighted by Crippen LogP contribution is -2.22. The first-order valence-corrected chi connectivity index (χ1v) is 16.8. The van der Waals surface area contributed by atoms with Crippen LogP contribution in [0.5, 0.6) is 0 Å². The second kappa shape index (κ2) is 10.2. The third-order valence-electron chi connectivity index (χ3n) is 5.98. The van der Waals surface area contributed by atoms with Gasteiger partial charge in [0, 0.05) is 13.0 Å². The minimum absolute atomic E-state index is 0.00830. The molecule has 1 saturated heterocycles. The van der Waals surface area contributed by atoms with Gasteiger partial charge in [0.05, 0.1) is 31.8 Å². The molecule has 17 nitrogen and oxygen atoms in total. The Bertz CT molecular complexity index is 1710. The summed E-state index contributed by atoms with van der Waals surface area (Å²) in [5, 5.41) is 0. The number of rotatable bonds is 1. The van der Waals surface area contributed by atoms with Crippen molar-refractivity contribution in [2.45, 2.75) is 38.0 Å². The smallest absolute Gasteiger partial charge is 0.369 e. The highest BCUT2D eigenvalue weighted by atomic mass is 32.7. The Morgan fingerprint density at radius 2 is 1.95 bits per heavy atom. The van der Waals surface area contributed by atoms with E-state index >= 15 is 0 Å². The molecule has 208 valence electrons. The molecule has 21 heteroatoms. The molecule has 2 unspecified atom stereocenters. The lowest BCUT2D eigenvalue weighted by molar-refractivity contribution is -0.0431. The number of ether oxygens (including phenoxy) is 1. The van der Waals surface area contributed by atoms with E-state index in [0.717, 1.165) is 0 Å². The fraction of sp³-hybridized carbons (Fsp3) is 0.444. The van der Waals surface area contributed by atoms with Gasteiger partial charge in [0.1, 0.15) is 30.4 Å². The number of anilines is 1. The Morgan fingerprint density at radius 3 is 2.79 bits per heavy atom. The molecule has 2 aliphatic heterocycles. The van der Waals surface area contributed by atoms with Gasteiger partial charge in [-0.2, -0.15) is 4.98 Å². The van der Waals surface area contributed by atoms with Crippen molar-refractivity contribution in [3.8, 4) is 0 Å². The van der Waals surface area contributed by atoms with Crippen LogP contribution >= 0.6 is 38.1 Å². The Balaban J connectivity index is 1.35. The molecule has 0 amide bonds. The quantitative estimate of drug-likeness (QED) is 0.177. The molecule has 1 fully saturated rings. The zero-order valence-corrected chi connectivity index (χ0v) is 23.3. The maximum atomic E-state index is 13.4. The van der Waals surface area contributed by atoms with E-state index in [2.05, 4.69) is 54.4 Å². The van der Waals surface area contributed by atoms with Crippen LogP contribution in [0.1, 0.15) is 18.5 Å². The maximum absolute atomic E-state index is 13.4. The molecule has 0 aliphatic carbocycles. The molecule has 0 radical (unpaired) electrons. The summed E-state index contributed by atoms with van der Waals surface area (Å²) in [6.45, 7) is -8.22. The van der Waals surface area contributed by atoms with Crippen molar-refractivity contribution in [2.24, 2.45) is 0 Å². The van der Waals surface area contributed by atoms with Gasteiger partial charge in [0.2, 0.25) is 5.95 Å². The second-order valence-corrected chi connectivity index (χ2v) is 14.4. The molecule has 3 N–H and O–H groups in total. The van der Waals surface area contributed by atoms with Crippen molar-refractivity contribution in [2.75, 3.05) is 18.9 Å². The number of imidazole rings is 2. The van der Waals surface area contributed by atoms with Crippen LogP contribution in [0.4, 0.5) is 5.95 Å². The van der Waals surface area contributed by atoms with E-state index in [9.17, 15) is 13.9 Å². The van der Waals surface area contributed by atoms with Gasteiger partial charge in [0.25, 0.3) is 5.56 Å². The van der Waals surface area contributed by atoms with Crippen LogP contribution in [0.25, 0.3) is 22.3 Å². The summed E-state index contributed by atoms with van der Waals surface area (Å²) in [5.41, 5.74) is 6.21. The molecule has 39 heavy (non-hydrogen) atoms. The van der Waals surface area contributed by atoms with Gasteiger partial charge in [0.15, 0.2) is 23.0 Å². The Hall–Kier alpha value is -2.34. The van der Waals surface area contributed by atoms with E-state index in [1.165, 1.54) is 23.4 Å². The number of nitrogens with one attached hydrogen (secondary N) is 1. The third kappa shape index (κ3) is 5.51. The van der Waals surface area contributed by atoms with Gasteiger partial charge in [-0.05, 0) is 0 Å². The van der Waals surface area contributed by atoms with Gasteiger partial charge in [-0.1, -0.05) is 24.5 Å². The third-order valence-corrected chi connectivity index (χ3v) is 9.28. The van der Waals surface area contributed by atoms with Gasteiger partial charge in [-0.15, -0.1) is 0 Å². The molecule has 6 rings (SSSR count). The van der Waals surface area contributed by atoms with Crippen molar-refractivity contribution in [1.29, 1.82) is 0 Å². The molecule has 2 aliphatic rings. The van der Waals surface area contributed by atoms with Gasteiger partial charge in [-0.3, -0.25) is 32.4 Å². The highest BCUT2D eigenvalue weighted by molar-refractivity contribution is 8.44. The summed E-state index contributed by atoms with van der Waals surface area (Å²) < 4.78 is 57.7. The molecule has 2 bridgehead atoms. The highest BCUT2D eigenvalue weighted by Crippen LogP contribution is 2.58. The minimum atomic E-state index is -4.03. The average molecular weight is 618 g/mol. The molecular weight excluding hydrogens is 596 g/mol. The summed E-state index contributed by atoms with van der Waals surface area (Å²) in [5.74, 6) is 0.191. The van der Waals surface area contributed by atoms with Crippen LogP contribution in [-0.2, 0) is 45.1 Å². The van der Waals surface area contributed by atoms with E-state index in [-0.39, 0.29) is 49.9 Å². The number of H-pyrrole nitrogens is 1. The van der Waals surface area contributed by atoms with Crippen molar-refractivity contribution in [1.82, 2.24) is 39.0 Å². The van der Waals surface area contributed by atoms with Crippen LogP contribution in [0.3, 0.4) is 0 Å². The zero-order chi connectivity index (χ0) is 27.4. The first-order valence-electron chi connectivity index (χ1n) is 11.4. The van der Waals surface area contributed by atoms with Crippen LogP contribution in [-0.4, -0.2) is 64.5 Å². The normalized spacial score (nSPS) is 30.7. The summed E-state index contributed by atoms with van der Waals surface area (Å²) in [6.07, 6.45) is 1.61. The fourth-order valence-corrected chi connectivity index (χ4v) is 6.96. The van der Waals surface area contributed by atoms with Crippen molar-refractivity contribution in [3.63, 3.8) is 0 Å². The van der Waals surface area contributed by atoms with Crippen LogP contribution in [0, 0.1) is 0 Å². The molecule has 4 aromatic rings. The Kier molecular flexibility index (Phi) is 7.06. The highest BCUT2D eigenvalue weighted by Gasteiger charge is 2.43. The number of aromatic amines is 1. The number of fused-ring (bicyclic) bond motifs is 6. The van der Waals surface area contributed by atoms with Gasteiger partial charge < -0.3 is 15.0 Å². The van der Waals surface area contributed by atoms with Crippen LogP contribution in [0.15, 0.2) is 23.6 Å². The summed E-state index contributed by atoms with van der Waals surface area (Å²) in [6, 6.07) is 0. The molecule has 5 atom stereocenters. The average Bonchev–Trinajstić information content (AvgIpc) is 3.56. The van der Waals surface area contributed by atoms with Crippen LogP contribution in [0.2, 0.25) is 0 Å². The number of hydrogen-bond donors (Lipinski definition) is 4. The summed E-state index contributed by atoms with van der Waals surface area (Å²) >= 11 is 8.24. The lowest BCUT2D eigenvalue weighted by Gasteiger charge is -2.23. The topological polar surface area (TPSA) is 213 Å². The largest absolute Gasteiger partial charge is 0.386 e. The number of nitrogens with zero attached hydrogens (tertiary/aromatic N) is 7. The number of thiol groups is 2. The molecular formula is C18H21N9O8P2S2. The van der Waals surface area contributed by atoms with E-state index < -0.39 is 37.6 Å². The van der Waals surface area contributed by atoms with E-state index in [0.29, 0.717) is 17.0 Å². The minimum Gasteiger partial charge on any atom is -0.369 e. The number of nitrogens with two attached hydrogens (primary N) is 1. The standard InChI is InChI=1S/C18H21N9O8P2S2/c19-18-24-15-13(16(28)25-18)22-8-27(15)17-11-3-9(34-17)5-32-36(29,38)31-2-1-26-12(6-33-37(30,39)35-11)23-10-4-20-7-21-14(10)26/h4,7-9,11,17H,1-3,5-6H2,(H,29,38)(H,30,39)(H3,19,24,25,28)/t9-,11+,17-,36?,37?/m0/s1. The maximum Gasteiger partial charge on any atom is 0.386 e. The Labute approximate surface area is 229 Å². The number of aromatic nitrogens is 8. The molecule has 6 heterocycles. The van der Waals surface area contributed by atoms with Gasteiger partial charge in [-0.25, -0.2) is 29.1 Å². The first-order chi connectivity index (χ1) is 18.6. The molecule has 0 aromatic carbocycles. The van der Waals surface area contributed by atoms with Crippen molar-refractivity contribution in [3.05, 3.63) is 35.0 Å². The summed E-state index contributed by atoms with van der Waals surface area (Å²) in [4.78, 5) is 35.5. The zero-order valence-electron chi connectivity index (χ0n) is 19.8. The van der Waals surface area contributed by atoms with E-state index in [4.69, 9.17) is 28.6 Å². The number of hydrogen-bond acceptors (Lipinski definition) is 14. The molecule has 0 spiro atoms. The predicted molar refractivity (Wildman–Crippen MR) is 141 cm³/mol. The summed E-state index contributed by atoms with van der Waals surface area (Å²) in [7, 11) is 0. The lowest BCUT2D eigenvalue weighted by atomic mass is 10.2. The monoisotopic (exact) mass is 617 g/mol. The van der Waals surface area contributed by atoms with Crippen molar-refractivity contribution >= 4 is 66.4 Å². The SMILES string of the molecule is Nc1nc2c(ncn2[C@H]2O[C@@H]3COP(=O)(S)OCCn4c(nc5cncnc54)COP(=O)(S)O[C@@H]2C3)c(=O)[nH]1. The molecule has 4 aromatic heterocycles. The first kappa shape index (κ1) is 26.9. The van der Waals surface area contributed by atoms with E-state index in [1.807, 2.05) is 0 Å². The van der Waals surface area contributed by atoms with Crippen molar-refractivity contribution < 1.29 is 32.0 Å². The molecule has 0 saturated carbocycles. The van der Waals surface area contributed by atoms with E-state index in [1.54, 1.807) is 4.57 Å². The number of nitrogen functional groups attached to an aromatic ring is 1. The fourth-order valence-electron chi connectivity index (χ4n) is 4.36. The second-order valence-electron chi connectivity index (χ2n) is 8.55. The van der Waals surface area contributed by atoms with Crippen LogP contribution < -0.4 is 11.3 Å². The van der Waals surface area contributed by atoms with Gasteiger partial charge >= 0.3 is 13.6 Å². The predicted octanol–water partition coefficient (Wildman–Crippen LogP) is 1.85. The Morgan fingerprint density at radius 1 is 1.10 bits per heavy atom.